The molecule has 2 aromatic carbocycles. The first-order valence-electron chi connectivity index (χ1n) is 8.44. The fraction of sp³-hybridized carbons (Fsp3) is 0.263. The number of ether oxygens (including phenoxy) is 3. The number of methoxy groups -OCH3 is 3. The molecule has 10 heteroatoms. The molecule has 156 valence electrons. The lowest BCUT2D eigenvalue weighted by molar-refractivity contribution is -0.119. The molecule has 0 spiro atoms. The van der Waals surface area contributed by atoms with Crippen LogP contribution in [0.2, 0.25) is 0 Å². The first kappa shape index (κ1) is 22.0. The average molecular weight is 421 g/mol. The number of amides is 1. The Kier molecular flexibility index (Phi) is 7.43. The summed E-state index contributed by atoms with van der Waals surface area (Å²) in [5, 5.41) is 3.86. The molecule has 0 bridgehead atoms. The normalized spacial score (nSPS) is 11.2. The van der Waals surface area contributed by atoms with E-state index in [2.05, 4.69) is 10.5 Å². The highest BCUT2D eigenvalue weighted by atomic mass is 32.2. The Bertz CT molecular complexity index is 974. The SMILES string of the molecule is COc1ccc(/C=N\NC(=O)CN(c2cc(OC)ccc2OC)S(C)(=O)=O)cc1. The molecule has 0 aliphatic heterocycles. The zero-order valence-corrected chi connectivity index (χ0v) is 17.4. The summed E-state index contributed by atoms with van der Waals surface area (Å²) in [6.45, 7) is -0.484. The number of benzene rings is 2. The topological polar surface area (TPSA) is 107 Å². The molecule has 2 rings (SSSR count). The second kappa shape index (κ2) is 9.78. The van der Waals surface area contributed by atoms with Crippen molar-refractivity contribution >= 4 is 27.8 Å². The molecule has 29 heavy (non-hydrogen) atoms. The van der Waals surface area contributed by atoms with Gasteiger partial charge in [0.25, 0.3) is 5.91 Å². The number of hydrazone groups is 1. The number of anilines is 1. The summed E-state index contributed by atoms with van der Waals surface area (Å²) < 4.78 is 40.9. The number of carbonyl (C=O) groups excluding carboxylic acids is 1. The third kappa shape index (κ3) is 6.11. The number of rotatable bonds is 9. The predicted octanol–water partition coefficient (Wildman–Crippen LogP) is 1.63. The van der Waals surface area contributed by atoms with Gasteiger partial charge in [0.05, 0.1) is 39.5 Å². The standard InChI is InChI=1S/C19H23N3O6S/c1-26-15-7-5-14(6-8-15)12-20-21-19(23)13-22(29(4,24)25)17-11-16(27-2)9-10-18(17)28-3/h5-12H,13H2,1-4H3,(H,21,23)/b20-12-. The van der Waals surface area contributed by atoms with Crippen LogP contribution in [0.25, 0.3) is 0 Å². The smallest absolute Gasteiger partial charge is 0.260 e. The van der Waals surface area contributed by atoms with Crippen molar-refractivity contribution in [2.24, 2.45) is 5.10 Å². The van der Waals surface area contributed by atoms with E-state index in [4.69, 9.17) is 14.2 Å². The Balaban J connectivity index is 2.16. The fourth-order valence-electron chi connectivity index (χ4n) is 2.41. The van der Waals surface area contributed by atoms with Gasteiger partial charge in [0.1, 0.15) is 23.8 Å². The van der Waals surface area contributed by atoms with Gasteiger partial charge in [-0.25, -0.2) is 13.8 Å². The fourth-order valence-corrected chi connectivity index (χ4v) is 3.26. The van der Waals surface area contributed by atoms with E-state index < -0.39 is 22.5 Å². The molecular formula is C19H23N3O6S. The summed E-state index contributed by atoms with van der Waals surface area (Å²) in [5.74, 6) is 0.783. The van der Waals surface area contributed by atoms with Crippen LogP contribution >= 0.6 is 0 Å². The number of sulfonamides is 1. The second-order valence-corrected chi connectivity index (χ2v) is 7.78. The van der Waals surface area contributed by atoms with Gasteiger partial charge in [-0.1, -0.05) is 0 Å². The Morgan fingerprint density at radius 1 is 1.03 bits per heavy atom. The number of carbonyl (C=O) groups is 1. The minimum atomic E-state index is -3.78. The van der Waals surface area contributed by atoms with Gasteiger partial charge in [-0.05, 0) is 42.0 Å². The third-order valence-electron chi connectivity index (χ3n) is 3.86. The van der Waals surface area contributed by atoms with Crippen LogP contribution in [-0.2, 0) is 14.8 Å². The zero-order chi connectivity index (χ0) is 21.4. The molecule has 0 aromatic heterocycles. The molecule has 0 fully saturated rings. The summed E-state index contributed by atoms with van der Waals surface area (Å²) in [4.78, 5) is 12.3. The summed E-state index contributed by atoms with van der Waals surface area (Å²) in [6.07, 6.45) is 2.44. The largest absolute Gasteiger partial charge is 0.497 e. The molecule has 2 aromatic rings. The van der Waals surface area contributed by atoms with Gasteiger partial charge in [-0.2, -0.15) is 5.10 Å². The Morgan fingerprint density at radius 3 is 2.21 bits per heavy atom. The van der Waals surface area contributed by atoms with E-state index in [0.29, 0.717) is 11.5 Å². The van der Waals surface area contributed by atoms with Crippen molar-refractivity contribution < 1.29 is 27.4 Å². The van der Waals surface area contributed by atoms with Gasteiger partial charge in [-0.15, -0.1) is 0 Å². The van der Waals surface area contributed by atoms with Crippen LogP contribution in [0.5, 0.6) is 17.2 Å². The Labute approximate surface area is 169 Å². The summed E-state index contributed by atoms with van der Waals surface area (Å²) in [5.41, 5.74) is 3.24. The molecule has 0 atom stereocenters. The third-order valence-corrected chi connectivity index (χ3v) is 4.99. The maximum atomic E-state index is 12.3. The minimum absolute atomic E-state index is 0.184. The van der Waals surface area contributed by atoms with Crippen LogP contribution in [0.4, 0.5) is 5.69 Å². The van der Waals surface area contributed by atoms with Crippen LogP contribution < -0.4 is 23.9 Å². The van der Waals surface area contributed by atoms with Crippen LogP contribution in [-0.4, -0.2) is 54.7 Å². The lowest BCUT2D eigenvalue weighted by Crippen LogP contribution is -2.39. The van der Waals surface area contributed by atoms with E-state index in [-0.39, 0.29) is 11.4 Å². The molecule has 0 aliphatic rings. The molecule has 1 N–H and O–H groups in total. The Hall–Kier alpha value is -3.27. The van der Waals surface area contributed by atoms with E-state index in [1.807, 2.05) is 0 Å². The van der Waals surface area contributed by atoms with Crippen LogP contribution in [0.1, 0.15) is 5.56 Å². The van der Waals surface area contributed by atoms with Crippen LogP contribution in [0, 0.1) is 0 Å². The summed E-state index contributed by atoms with van der Waals surface area (Å²) in [6, 6.07) is 11.7. The number of hydrogen-bond donors (Lipinski definition) is 1. The lowest BCUT2D eigenvalue weighted by Gasteiger charge is -2.23. The van der Waals surface area contributed by atoms with Crippen LogP contribution in [0.15, 0.2) is 47.6 Å². The summed E-state index contributed by atoms with van der Waals surface area (Å²) in [7, 11) is 0.642. The monoisotopic (exact) mass is 421 g/mol. The highest BCUT2D eigenvalue weighted by molar-refractivity contribution is 7.92. The molecule has 0 unspecified atom stereocenters. The highest BCUT2D eigenvalue weighted by Gasteiger charge is 2.24. The second-order valence-electron chi connectivity index (χ2n) is 5.87. The average Bonchev–Trinajstić information content (AvgIpc) is 2.71. The van der Waals surface area contributed by atoms with Crippen molar-refractivity contribution in [1.29, 1.82) is 0 Å². The van der Waals surface area contributed by atoms with Crippen molar-refractivity contribution in [3.05, 3.63) is 48.0 Å². The minimum Gasteiger partial charge on any atom is -0.497 e. The number of nitrogens with zero attached hydrogens (tertiary/aromatic N) is 2. The lowest BCUT2D eigenvalue weighted by atomic mass is 10.2. The van der Waals surface area contributed by atoms with Crippen molar-refractivity contribution in [2.45, 2.75) is 0 Å². The van der Waals surface area contributed by atoms with Gasteiger partial charge < -0.3 is 14.2 Å². The molecule has 0 aliphatic carbocycles. The highest BCUT2D eigenvalue weighted by Crippen LogP contribution is 2.33. The van der Waals surface area contributed by atoms with E-state index >= 15 is 0 Å². The number of nitrogens with one attached hydrogen (secondary N) is 1. The molecule has 0 heterocycles. The van der Waals surface area contributed by atoms with E-state index in [1.165, 1.54) is 26.5 Å². The van der Waals surface area contributed by atoms with Gasteiger partial charge >= 0.3 is 0 Å². The van der Waals surface area contributed by atoms with Gasteiger partial charge in [0, 0.05) is 6.07 Å². The van der Waals surface area contributed by atoms with Gasteiger partial charge in [0.2, 0.25) is 10.0 Å². The number of hydrogen-bond acceptors (Lipinski definition) is 7. The molecule has 0 saturated heterocycles. The predicted molar refractivity (Wildman–Crippen MR) is 110 cm³/mol. The van der Waals surface area contributed by atoms with Crippen molar-refractivity contribution in [3.63, 3.8) is 0 Å². The quantitative estimate of drug-likeness (QED) is 0.487. The zero-order valence-electron chi connectivity index (χ0n) is 16.6. The van der Waals surface area contributed by atoms with E-state index in [9.17, 15) is 13.2 Å². The van der Waals surface area contributed by atoms with Crippen molar-refractivity contribution in [2.75, 3.05) is 38.4 Å². The Morgan fingerprint density at radius 2 is 1.66 bits per heavy atom. The first-order valence-corrected chi connectivity index (χ1v) is 10.3. The maximum absolute atomic E-state index is 12.3. The van der Waals surface area contributed by atoms with Crippen LogP contribution in [0.3, 0.4) is 0 Å². The molecule has 1 amide bonds. The van der Waals surface area contributed by atoms with E-state index in [1.54, 1.807) is 43.5 Å². The van der Waals surface area contributed by atoms with Gasteiger partial charge in [-0.3, -0.25) is 9.10 Å². The molecule has 0 radical (unpaired) electrons. The van der Waals surface area contributed by atoms with Crippen molar-refractivity contribution in [3.8, 4) is 17.2 Å². The van der Waals surface area contributed by atoms with Crippen molar-refractivity contribution in [1.82, 2.24) is 5.43 Å². The summed E-state index contributed by atoms with van der Waals surface area (Å²) >= 11 is 0. The van der Waals surface area contributed by atoms with E-state index in [0.717, 1.165) is 16.1 Å². The molecular weight excluding hydrogens is 398 g/mol. The molecule has 9 nitrogen and oxygen atoms in total. The molecule has 0 saturated carbocycles. The first-order chi connectivity index (χ1) is 13.8. The maximum Gasteiger partial charge on any atom is 0.260 e. The van der Waals surface area contributed by atoms with Gasteiger partial charge in [0.15, 0.2) is 0 Å².